The Labute approximate surface area is 178 Å². The first-order valence-electron chi connectivity index (χ1n) is 11.0. The minimum Gasteiger partial charge on any atom is -0.459 e. The summed E-state index contributed by atoms with van der Waals surface area (Å²) in [4.78, 5) is 23.9. The Morgan fingerprint density at radius 3 is 2.90 bits per heavy atom. The largest absolute Gasteiger partial charge is 0.459 e. The molecular weight excluding hydrogens is 398 g/mol. The number of carbonyl (C=O) groups is 1. The summed E-state index contributed by atoms with van der Waals surface area (Å²) in [5, 5.41) is 19.7. The van der Waals surface area contributed by atoms with E-state index in [0.717, 1.165) is 48.8 Å². The number of pyridine rings is 1. The zero-order valence-electron chi connectivity index (χ0n) is 17.3. The normalized spacial score (nSPS) is 31.3. The molecule has 4 aliphatic carbocycles. The SMILES string of the molecule is CCOC(=O)c1nc(-c2cnc3[nH]ccc3c2N[C@H]2C3CC4CC2C[C@@](O)(C4)C3)no1. The number of H-pyrrole nitrogens is 1. The predicted molar refractivity (Wildman–Crippen MR) is 111 cm³/mol. The summed E-state index contributed by atoms with van der Waals surface area (Å²) in [6.07, 6.45) is 8.52. The summed E-state index contributed by atoms with van der Waals surface area (Å²) in [5.41, 5.74) is 1.84. The van der Waals surface area contributed by atoms with Crippen LogP contribution in [0.1, 0.15) is 49.7 Å². The van der Waals surface area contributed by atoms with Gasteiger partial charge in [-0.15, -0.1) is 0 Å². The van der Waals surface area contributed by atoms with Crippen LogP contribution in [0.2, 0.25) is 0 Å². The Hall–Kier alpha value is -2.94. The zero-order valence-corrected chi connectivity index (χ0v) is 17.3. The molecule has 4 aliphatic rings. The summed E-state index contributed by atoms with van der Waals surface area (Å²) in [6, 6.07) is 2.25. The van der Waals surface area contributed by atoms with Gasteiger partial charge in [0, 0.05) is 23.8 Å². The molecule has 2 unspecified atom stereocenters. The van der Waals surface area contributed by atoms with E-state index in [-0.39, 0.29) is 18.5 Å². The van der Waals surface area contributed by atoms with E-state index in [1.807, 2.05) is 12.3 Å². The highest BCUT2D eigenvalue weighted by molar-refractivity contribution is 5.97. The number of hydrogen-bond acceptors (Lipinski definition) is 8. The van der Waals surface area contributed by atoms with E-state index in [9.17, 15) is 9.90 Å². The van der Waals surface area contributed by atoms with Crippen LogP contribution in [0.3, 0.4) is 0 Å². The smallest absolute Gasteiger partial charge is 0.397 e. The third-order valence-corrected chi connectivity index (χ3v) is 7.26. The standard InChI is InChI=1S/C22H25N5O4/c1-2-30-21(28)20-26-19(27-31-20)15-10-24-18-14(3-4-23-18)17(15)25-16-12-5-11-6-13(16)9-22(29,7-11)8-12/h3-4,10-13,16,29H,2,5-9H2,1H3,(H2,23,24,25)/t11?,12?,13?,16-,22+. The number of aliphatic hydroxyl groups is 1. The van der Waals surface area contributed by atoms with Crippen LogP contribution >= 0.6 is 0 Å². The van der Waals surface area contributed by atoms with Crippen molar-refractivity contribution < 1.29 is 19.2 Å². The van der Waals surface area contributed by atoms with Gasteiger partial charge in [-0.3, -0.25) is 0 Å². The van der Waals surface area contributed by atoms with Crippen LogP contribution in [0.4, 0.5) is 5.69 Å². The molecule has 9 nitrogen and oxygen atoms in total. The summed E-state index contributed by atoms with van der Waals surface area (Å²) in [5.74, 6) is 0.991. The fourth-order valence-electron chi connectivity index (χ4n) is 6.33. The monoisotopic (exact) mass is 423 g/mol. The maximum atomic E-state index is 12.0. The molecule has 7 rings (SSSR count). The van der Waals surface area contributed by atoms with Gasteiger partial charge in [-0.1, -0.05) is 5.16 Å². The van der Waals surface area contributed by atoms with Gasteiger partial charge in [0.05, 0.1) is 23.5 Å². The van der Waals surface area contributed by atoms with E-state index in [2.05, 4.69) is 25.4 Å². The lowest BCUT2D eigenvalue weighted by Gasteiger charge is -2.58. The van der Waals surface area contributed by atoms with E-state index in [4.69, 9.17) is 9.26 Å². The van der Waals surface area contributed by atoms with Crippen molar-refractivity contribution in [2.45, 2.75) is 50.7 Å². The number of ether oxygens (including phenoxy) is 1. The second-order valence-corrected chi connectivity index (χ2v) is 9.29. The number of nitrogens with zero attached hydrogens (tertiary/aromatic N) is 3. The number of rotatable bonds is 5. The number of aromatic amines is 1. The minimum absolute atomic E-state index is 0.172. The van der Waals surface area contributed by atoms with Crippen molar-refractivity contribution in [1.82, 2.24) is 20.1 Å². The third-order valence-electron chi connectivity index (χ3n) is 7.26. The summed E-state index contributed by atoms with van der Waals surface area (Å²) in [6.45, 7) is 1.96. The first-order valence-corrected chi connectivity index (χ1v) is 11.0. The molecule has 9 heteroatoms. The van der Waals surface area contributed by atoms with Gasteiger partial charge in [0.2, 0.25) is 5.82 Å². The number of esters is 1. The van der Waals surface area contributed by atoms with Crippen LogP contribution in [0.25, 0.3) is 22.4 Å². The third kappa shape index (κ3) is 3.02. The van der Waals surface area contributed by atoms with Crippen LogP contribution in [-0.2, 0) is 4.74 Å². The highest BCUT2D eigenvalue weighted by Gasteiger charge is 2.54. The molecule has 0 spiro atoms. The molecule has 4 saturated carbocycles. The minimum atomic E-state index is -0.638. The summed E-state index contributed by atoms with van der Waals surface area (Å²) < 4.78 is 10.1. The Kier molecular flexibility index (Phi) is 4.11. The Morgan fingerprint density at radius 2 is 2.16 bits per heavy atom. The van der Waals surface area contributed by atoms with E-state index < -0.39 is 11.6 Å². The molecule has 2 atom stereocenters. The molecule has 3 aromatic heterocycles. The van der Waals surface area contributed by atoms with Crippen LogP contribution < -0.4 is 5.32 Å². The Balaban J connectivity index is 1.38. The van der Waals surface area contributed by atoms with Gasteiger partial charge in [0.25, 0.3) is 0 Å². The van der Waals surface area contributed by atoms with Crippen molar-refractivity contribution in [1.29, 1.82) is 0 Å². The van der Waals surface area contributed by atoms with Crippen molar-refractivity contribution in [2.75, 3.05) is 11.9 Å². The van der Waals surface area contributed by atoms with Gasteiger partial charge in [-0.25, -0.2) is 9.78 Å². The lowest BCUT2D eigenvalue weighted by atomic mass is 9.52. The Morgan fingerprint density at radius 1 is 1.35 bits per heavy atom. The van der Waals surface area contributed by atoms with Crippen LogP contribution in [-0.4, -0.2) is 49.4 Å². The second-order valence-electron chi connectivity index (χ2n) is 9.29. The molecule has 31 heavy (non-hydrogen) atoms. The number of anilines is 1. The summed E-state index contributed by atoms with van der Waals surface area (Å²) in [7, 11) is 0. The topological polar surface area (TPSA) is 126 Å². The molecule has 4 fully saturated rings. The van der Waals surface area contributed by atoms with E-state index in [1.165, 1.54) is 0 Å². The maximum Gasteiger partial charge on any atom is 0.397 e. The molecule has 0 aromatic carbocycles. The van der Waals surface area contributed by atoms with Gasteiger partial charge in [0.1, 0.15) is 5.65 Å². The number of hydrogen-bond donors (Lipinski definition) is 3. The number of carbonyl (C=O) groups excluding carboxylic acids is 1. The quantitative estimate of drug-likeness (QED) is 0.534. The highest BCUT2D eigenvalue weighted by Crippen LogP contribution is 2.56. The van der Waals surface area contributed by atoms with E-state index in [0.29, 0.717) is 29.1 Å². The molecule has 0 amide bonds. The van der Waals surface area contributed by atoms with Gasteiger partial charge < -0.3 is 24.7 Å². The molecule has 0 radical (unpaired) electrons. The first kappa shape index (κ1) is 18.8. The van der Waals surface area contributed by atoms with E-state index >= 15 is 0 Å². The van der Waals surface area contributed by atoms with Crippen LogP contribution in [0.15, 0.2) is 23.0 Å². The average molecular weight is 423 g/mol. The number of aromatic nitrogens is 4. The van der Waals surface area contributed by atoms with Crippen molar-refractivity contribution in [2.24, 2.45) is 17.8 Å². The van der Waals surface area contributed by atoms with Gasteiger partial charge in [0.15, 0.2) is 0 Å². The molecule has 3 heterocycles. The fourth-order valence-corrected chi connectivity index (χ4v) is 6.33. The molecule has 4 bridgehead atoms. The molecule has 0 aliphatic heterocycles. The van der Waals surface area contributed by atoms with E-state index in [1.54, 1.807) is 13.1 Å². The van der Waals surface area contributed by atoms with Gasteiger partial charge >= 0.3 is 11.9 Å². The Bertz CT molecular complexity index is 1140. The van der Waals surface area contributed by atoms with Gasteiger partial charge in [-0.05, 0) is 62.8 Å². The van der Waals surface area contributed by atoms with Crippen molar-refractivity contribution >= 4 is 22.7 Å². The lowest BCUT2D eigenvalue weighted by molar-refractivity contribution is -0.129. The average Bonchev–Trinajstić information content (AvgIpc) is 3.39. The van der Waals surface area contributed by atoms with Crippen molar-refractivity contribution in [3.05, 3.63) is 24.4 Å². The number of fused-ring (bicyclic) bond motifs is 1. The molecule has 0 saturated heterocycles. The maximum absolute atomic E-state index is 12.0. The molecular formula is C22H25N5O4. The first-order chi connectivity index (χ1) is 15.0. The summed E-state index contributed by atoms with van der Waals surface area (Å²) >= 11 is 0. The second kappa shape index (κ2) is 6.78. The van der Waals surface area contributed by atoms with Crippen molar-refractivity contribution in [3.63, 3.8) is 0 Å². The molecule has 162 valence electrons. The predicted octanol–water partition coefficient (Wildman–Crippen LogP) is 3.14. The number of nitrogens with one attached hydrogen (secondary N) is 2. The van der Waals surface area contributed by atoms with Crippen molar-refractivity contribution in [3.8, 4) is 11.4 Å². The van der Waals surface area contributed by atoms with Gasteiger partial charge in [-0.2, -0.15) is 4.98 Å². The zero-order chi connectivity index (χ0) is 21.2. The molecule has 3 N–H and O–H groups in total. The fraction of sp³-hybridized carbons (Fsp3) is 0.545. The highest BCUT2D eigenvalue weighted by atomic mass is 16.6. The van der Waals surface area contributed by atoms with Crippen LogP contribution in [0, 0.1) is 17.8 Å². The molecule has 3 aromatic rings. The lowest BCUT2D eigenvalue weighted by Crippen LogP contribution is -2.59. The van der Waals surface area contributed by atoms with Crippen LogP contribution in [0.5, 0.6) is 0 Å².